The highest BCUT2D eigenvalue weighted by atomic mass is 16.1. The van der Waals surface area contributed by atoms with Crippen molar-refractivity contribution >= 4 is 6.29 Å². The van der Waals surface area contributed by atoms with Crippen LogP contribution in [0.5, 0.6) is 0 Å². The molecule has 0 saturated heterocycles. The van der Waals surface area contributed by atoms with Crippen LogP contribution < -0.4 is 0 Å². The highest BCUT2D eigenvalue weighted by Crippen LogP contribution is 2.38. The van der Waals surface area contributed by atoms with Crippen LogP contribution >= 0.6 is 0 Å². The van der Waals surface area contributed by atoms with Gasteiger partial charge in [-0.3, -0.25) is 4.79 Å². The predicted molar refractivity (Wildman–Crippen MR) is 108 cm³/mol. The molecule has 0 amide bonds. The lowest BCUT2D eigenvalue weighted by molar-refractivity contribution is -0.104. The van der Waals surface area contributed by atoms with E-state index in [0.717, 1.165) is 17.4 Å². The van der Waals surface area contributed by atoms with E-state index >= 15 is 0 Å². The van der Waals surface area contributed by atoms with Gasteiger partial charge < -0.3 is 0 Å². The summed E-state index contributed by atoms with van der Waals surface area (Å²) in [7, 11) is 0. The van der Waals surface area contributed by atoms with Crippen LogP contribution in [-0.2, 0) is 15.7 Å². The van der Waals surface area contributed by atoms with Crippen molar-refractivity contribution in [2.24, 2.45) is 0 Å². The predicted octanol–water partition coefficient (Wildman–Crippen LogP) is 3.83. The summed E-state index contributed by atoms with van der Waals surface area (Å²) in [4.78, 5) is 12.8. The molecule has 0 fully saturated rings. The molecule has 3 aromatic rings. The Balaban J connectivity index is 1.79. The van der Waals surface area contributed by atoms with Gasteiger partial charge in [0.1, 0.15) is 11.8 Å². The van der Waals surface area contributed by atoms with Crippen molar-refractivity contribution in [3.63, 3.8) is 0 Å². The third-order valence-electron chi connectivity index (χ3n) is 5.44. The standard InChI is InChI=1S/C23H22N4O/c1-22(2,19-9-5-3-6-10-19)27-25-21(24-26-27)23(20-11-7-4-8-12-20)15-13-18(17-28)14-16-23/h3-15,17H,16H2,1-2H3. The first-order valence-electron chi connectivity index (χ1n) is 9.33. The van der Waals surface area contributed by atoms with Gasteiger partial charge in [0.15, 0.2) is 5.82 Å². The van der Waals surface area contributed by atoms with Gasteiger partial charge >= 0.3 is 0 Å². The number of nitrogens with zero attached hydrogens (tertiary/aromatic N) is 4. The van der Waals surface area contributed by atoms with Gasteiger partial charge in [0.25, 0.3) is 0 Å². The number of tetrazole rings is 1. The molecule has 1 aliphatic rings. The number of hydrogen-bond acceptors (Lipinski definition) is 4. The van der Waals surface area contributed by atoms with Gasteiger partial charge in [-0.1, -0.05) is 78.9 Å². The van der Waals surface area contributed by atoms with Gasteiger partial charge in [0.05, 0.1) is 5.41 Å². The van der Waals surface area contributed by atoms with Gasteiger partial charge in [0.2, 0.25) is 0 Å². The monoisotopic (exact) mass is 370 g/mol. The summed E-state index contributed by atoms with van der Waals surface area (Å²) in [5.74, 6) is 0.625. The zero-order valence-corrected chi connectivity index (χ0v) is 16.0. The van der Waals surface area contributed by atoms with Crippen LogP contribution in [0.2, 0.25) is 0 Å². The minimum atomic E-state index is -0.543. The number of hydrogen-bond donors (Lipinski definition) is 0. The molecule has 5 nitrogen and oxygen atoms in total. The molecule has 2 aromatic carbocycles. The highest BCUT2D eigenvalue weighted by Gasteiger charge is 2.38. The van der Waals surface area contributed by atoms with Crippen molar-refractivity contribution in [3.8, 4) is 0 Å². The normalized spacial score (nSPS) is 19.3. The minimum Gasteiger partial charge on any atom is -0.298 e. The Morgan fingerprint density at radius 2 is 1.71 bits per heavy atom. The zero-order chi connectivity index (χ0) is 19.6. The quantitative estimate of drug-likeness (QED) is 0.641. The number of carbonyl (C=O) groups is 1. The van der Waals surface area contributed by atoms with Crippen molar-refractivity contribution in [2.45, 2.75) is 31.2 Å². The molecule has 140 valence electrons. The SMILES string of the molecule is CC(C)(c1ccccc1)n1nnc(C2(c3ccccc3)C=CC(C=O)=CC2)n1. The fourth-order valence-electron chi connectivity index (χ4n) is 3.58. The van der Waals surface area contributed by atoms with Crippen LogP contribution in [0.1, 0.15) is 37.2 Å². The third kappa shape index (κ3) is 2.99. The Kier molecular flexibility index (Phi) is 4.51. The van der Waals surface area contributed by atoms with Crippen molar-refractivity contribution < 1.29 is 4.79 Å². The highest BCUT2D eigenvalue weighted by molar-refractivity contribution is 5.78. The summed E-state index contributed by atoms with van der Waals surface area (Å²) in [6.45, 7) is 4.15. The molecule has 1 atom stereocenters. The van der Waals surface area contributed by atoms with Gasteiger partial charge in [-0.05, 0) is 36.6 Å². The van der Waals surface area contributed by atoms with Crippen LogP contribution in [0.25, 0.3) is 0 Å². The van der Waals surface area contributed by atoms with Crippen LogP contribution in [-0.4, -0.2) is 26.5 Å². The molecular weight excluding hydrogens is 348 g/mol. The van der Waals surface area contributed by atoms with Gasteiger partial charge in [-0.15, -0.1) is 10.2 Å². The Labute approximate surface area is 164 Å². The van der Waals surface area contributed by atoms with Crippen LogP contribution in [0.4, 0.5) is 0 Å². The molecule has 28 heavy (non-hydrogen) atoms. The lowest BCUT2D eigenvalue weighted by Crippen LogP contribution is -2.32. The molecule has 1 heterocycles. The second-order valence-corrected chi connectivity index (χ2v) is 7.52. The van der Waals surface area contributed by atoms with Crippen molar-refractivity contribution in [1.29, 1.82) is 0 Å². The first-order valence-corrected chi connectivity index (χ1v) is 9.33. The first kappa shape index (κ1) is 18.0. The maximum absolute atomic E-state index is 11.2. The largest absolute Gasteiger partial charge is 0.298 e. The molecule has 1 aliphatic carbocycles. The maximum Gasteiger partial charge on any atom is 0.189 e. The molecule has 5 heteroatoms. The second kappa shape index (κ2) is 7.00. The fraction of sp³-hybridized carbons (Fsp3) is 0.217. The molecule has 4 rings (SSSR count). The topological polar surface area (TPSA) is 60.7 Å². The van der Waals surface area contributed by atoms with Gasteiger partial charge in [-0.2, -0.15) is 4.80 Å². The summed E-state index contributed by atoms with van der Waals surface area (Å²) >= 11 is 0. The lowest BCUT2D eigenvalue weighted by Gasteiger charge is -2.29. The number of carbonyl (C=O) groups excluding carboxylic acids is 1. The summed E-state index contributed by atoms with van der Waals surface area (Å²) in [5.41, 5.74) is 1.87. The van der Waals surface area contributed by atoms with Crippen LogP contribution in [0, 0.1) is 0 Å². The van der Waals surface area contributed by atoms with E-state index in [9.17, 15) is 4.79 Å². The van der Waals surface area contributed by atoms with E-state index in [-0.39, 0.29) is 0 Å². The average molecular weight is 370 g/mol. The van der Waals surface area contributed by atoms with E-state index in [1.165, 1.54) is 0 Å². The molecule has 0 radical (unpaired) electrons. The molecule has 0 bridgehead atoms. The second-order valence-electron chi connectivity index (χ2n) is 7.52. The smallest absolute Gasteiger partial charge is 0.189 e. The van der Waals surface area contributed by atoms with E-state index in [1.807, 2.05) is 54.6 Å². The summed E-state index contributed by atoms with van der Waals surface area (Å²) in [6, 6.07) is 20.3. The molecule has 1 unspecified atom stereocenters. The number of benzene rings is 2. The Morgan fingerprint density at radius 1 is 1.04 bits per heavy atom. The third-order valence-corrected chi connectivity index (χ3v) is 5.44. The fourth-order valence-corrected chi connectivity index (χ4v) is 3.58. The summed E-state index contributed by atoms with van der Waals surface area (Å²) in [5, 5.41) is 13.7. The van der Waals surface area contributed by atoms with Crippen molar-refractivity contribution in [2.75, 3.05) is 0 Å². The zero-order valence-electron chi connectivity index (χ0n) is 16.0. The Morgan fingerprint density at radius 3 is 2.32 bits per heavy atom. The molecule has 0 aliphatic heterocycles. The Hall–Kier alpha value is -3.34. The van der Waals surface area contributed by atoms with Gasteiger partial charge in [0, 0.05) is 5.57 Å². The number of rotatable bonds is 5. The molecular formula is C23H22N4O. The number of allylic oxidation sites excluding steroid dienone is 4. The summed E-state index contributed by atoms with van der Waals surface area (Å²) < 4.78 is 0. The van der Waals surface area contributed by atoms with E-state index in [0.29, 0.717) is 17.8 Å². The molecule has 0 spiro atoms. The molecule has 0 N–H and O–H groups in total. The number of aldehydes is 1. The van der Waals surface area contributed by atoms with E-state index in [4.69, 9.17) is 5.10 Å². The lowest BCUT2D eigenvalue weighted by atomic mass is 9.74. The van der Waals surface area contributed by atoms with Crippen molar-refractivity contribution in [1.82, 2.24) is 20.2 Å². The van der Waals surface area contributed by atoms with E-state index in [1.54, 1.807) is 4.80 Å². The minimum absolute atomic E-state index is 0.438. The summed E-state index contributed by atoms with van der Waals surface area (Å²) in [6.07, 6.45) is 7.27. The molecule has 0 saturated carbocycles. The average Bonchev–Trinajstić information content (AvgIpc) is 3.27. The van der Waals surface area contributed by atoms with E-state index < -0.39 is 11.0 Å². The van der Waals surface area contributed by atoms with Crippen LogP contribution in [0.3, 0.4) is 0 Å². The maximum atomic E-state index is 11.2. The van der Waals surface area contributed by atoms with Gasteiger partial charge in [-0.25, -0.2) is 0 Å². The Bertz CT molecular complexity index is 1030. The van der Waals surface area contributed by atoms with Crippen molar-refractivity contribution in [3.05, 3.63) is 101 Å². The molecule has 1 aromatic heterocycles. The van der Waals surface area contributed by atoms with E-state index in [2.05, 4.69) is 48.4 Å². The first-order chi connectivity index (χ1) is 13.6. The number of aromatic nitrogens is 4. The van der Waals surface area contributed by atoms with Crippen LogP contribution in [0.15, 0.2) is 84.5 Å².